The number of rotatable bonds is 5. The Kier molecular flexibility index (Phi) is 7.61. The highest BCUT2D eigenvalue weighted by Crippen LogP contribution is 2.00. The molecule has 0 aliphatic rings. The van der Waals surface area contributed by atoms with Crippen LogP contribution in [0.25, 0.3) is 0 Å². The third-order valence-corrected chi connectivity index (χ3v) is 1.57. The number of hydrogen-bond donors (Lipinski definition) is 1. The van der Waals surface area contributed by atoms with Crippen LogP contribution in [0.15, 0.2) is 0 Å². The van der Waals surface area contributed by atoms with Crippen LogP contribution >= 0.6 is 31.5 Å². The second-order valence-electron chi connectivity index (χ2n) is 2.13. The number of halogens is 1. The smallest absolute Gasteiger partial charge is 0.317 e. The Hall–Kier alpha value is 1.14. The van der Waals surface area contributed by atoms with E-state index in [9.17, 15) is 0 Å². The monoisotopic (exact) mass is 273 g/mol. The van der Waals surface area contributed by atoms with E-state index < -0.39 is 0 Å². The van der Waals surface area contributed by atoms with E-state index in [0.29, 0.717) is 10.5 Å². The fourth-order valence-corrected chi connectivity index (χ4v) is 1.56. The maximum atomic E-state index is 5.22. The predicted molar refractivity (Wildman–Crippen MR) is 58.6 cm³/mol. The Morgan fingerprint density at radius 1 is 1.80 bits per heavy atom. The third kappa shape index (κ3) is 7.25. The zero-order valence-electron chi connectivity index (χ0n) is 6.43. The highest BCUT2D eigenvalue weighted by atomic mass is 127. The fourth-order valence-electron chi connectivity index (χ4n) is 0.615. The number of ether oxygens (including phenoxy) is 1. The molecule has 0 heterocycles. The van der Waals surface area contributed by atoms with E-state index in [-0.39, 0.29) is 0 Å². The molecule has 0 saturated carbocycles. The molecule has 0 aliphatic heterocycles. The molecule has 0 aliphatic carbocycles. The standard InChI is InChI=1S/C5H14BINOP/c1-3-9-4-5(2)8-6(7)10/h5,8H,3-4,10H2,1-2H3. The van der Waals surface area contributed by atoms with Gasteiger partial charge in [0.1, 0.15) is 0 Å². The van der Waals surface area contributed by atoms with Crippen molar-refractivity contribution in [3.63, 3.8) is 0 Å². The molecule has 0 amide bonds. The van der Waals surface area contributed by atoms with Gasteiger partial charge in [-0.2, -0.15) is 0 Å². The molecule has 0 fully saturated rings. The molecule has 1 N–H and O–H groups in total. The largest absolute Gasteiger partial charge is 0.380 e. The SMILES string of the molecule is CCOCC(C)NB(P)I. The lowest BCUT2D eigenvalue weighted by Crippen LogP contribution is -2.35. The van der Waals surface area contributed by atoms with Crippen molar-refractivity contribution in [2.75, 3.05) is 13.2 Å². The van der Waals surface area contributed by atoms with E-state index in [0.717, 1.165) is 13.2 Å². The highest BCUT2D eigenvalue weighted by molar-refractivity contribution is 14.1. The van der Waals surface area contributed by atoms with Gasteiger partial charge in [-0.15, -0.1) is 31.5 Å². The van der Waals surface area contributed by atoms with Crippen molar-refractivity contribution >= 4 is 35.9 Å². The minimum absolute atomic E-state index is 0.438. The van der Waals surface area contributed by atoms with Crippen molar-refractivity contribution in [3.8, 4) is 0 Å². The molecule has 2 unspecified atom stereocenters. The third-order valence-electron chi connectivity index (χ3n) is 1.02. The molecule has 0 bridgehead atoms. The minimum Gasteiger partial charge on any atom is -0.380 e. The quantitative estimate of drug-likeness (QED) is 0.463. The van der Waals surface area contributed by atoms with Crippen molar-refractivity contribution in [1.82, 2.24) is 5.23 Å². The van der Waals surface area contributed by atoms with E-state index in [2.05, 4.69) is 43.6 Å². The Bertz CT molecular complexity index is 86.0. The molecule has 5 heteroatoms. The van der Waals surface area contributed by atoms with Crippen LogP contribution in [0.2, 0.25) is 0 Å². The zero-order valence-corrected chi connectivity index (χ0v) is 9.74. The Labute approximate surface area is 79.0 Å². The van der Waals surface area contributed by atoms with Gasteiger partial charge in [0, 0.05) is 12.6 Å². The lowest BCUT2D eigenvalue weighted by Gasteiger charge is -2.13. The van der Waals surface area contributed by atoms with Crippen LogP contribution in [0.3, 0.4) is 0 Å². The first-order chi connectivity index (χ1) is 4.66. The Morgan fingerprint density at radius 2 is 2.40 bits per heavy atom. The molecular weight excluding hydrogens is 259 g/mol. The lowest BCUT2D eigenvalue weighted by molar-refractivity contribution is 0.133. The molecule has 0 aromatic rings. The van der Waals surface area contributed by atoms with Crippen LogP contribution in [0.1, 0.15) is 13.8 Å². The molecule has 0 saturated heterocycles. The second-order valence-corrected chi connectivity index (χ2v) is 5.49. The van der Waals surface area contributed by atoms with Gasteiger partial charge in [-0.3, -0.25) is 0 Å². The molecule has 60 valence electrons. The minimum atomic E-state index is 0.438. The Morgan fingerprint density at radius 3 is 2.80 bits per heavy atom. The van der Waals surface area contributed by atoms with E-state index >= 15 is 0 Å². The highest BCUT2D eigenvalue weighted by Gasteiger charge is 2.06. The summed E-state index contributed by atoms with van der Waals surface area (Å²) in [7, 11) is 2.69. The first kappa shape index (κ1) is 11.1. The maximum absolute atomic E-state index is 5.22. The van der Waals surface area contributed by atoms with Crippen LogP contribution < -0.4 is 5.23 Å². The van der Waals surface area contributed by atoms with Gasteiger partial charge in [-0.1, -0.05) is 0 Å². The van der Waals surface area contributed by atoms with Gasteiger partial charge in [-0.05, 0) is 13.8 Å². The van der Waals surface area contributed by atoms with E-state index in [1.165, 1.54) is 0 Å². The predicted octanol–water partition coefficient (Wildman–Crippen LogP) is 1.30. The van der Waals surface area contributed by atoms with Gasteiger partial charge in [0.05, 0.1) is 6.61 Å². The molecule has 10 heavy (non-hydrogen) atoms. The van der Waals surface area contributed by atoms with Gasteiger partial charge < -0.3 is 9.96 Å². The summed E-state index contributed by atoms with van der Waals surface area (Å²) >= 11 is 2.31. The number of hydrogen-bond acceptors (Lipinski definition) is 2. The molecule has 0 rings (SSSR count). The van der Waals surface area contributed by atoms with Gasteiger partial charge in [0.25, 0.3) is 0 Å². The second kappa shape index (κ2) is 6.83. The fraction of sp³-hybridized carbons (Fsp3) is 1.00. The van der Waals surface area contributed by atoms with Crippen molar-refractivity contribution in [1.29, 1.82) is 0 Å². The summed E-state index contributed by atoms with van der Waals surface area (Å²) in [6, 6.07) is 0.444. The van der Waals surface area contributed by atoms with Crippen molar-refractivity contribution in [3.05, 3.63) is 0 Å². The summed E-state index contributed by atoms with van der Waals surface area (Å²) in [5.41, 5.74) is 0. The first-order valence-corrected chi connectivity index (χ1v) is 5.31. The van der Waals surface area contributed by atoms with Gasteiger partial charge in [0.15, 0.2) is 0 Å². The zero-order chi connectivity index (χ0) is 7.98. The molecule has 0 aromatic carbocycles. The van der Waals surface area contributed by atoms with Gasteiger partial charge >= 0.3 is 4.42 Å². The van der Waals surface area contributed by atoms with Crippen LogP contribution in [-0.4, -0.2) is 23.7 Å². The first-order valence-electron chi connectivity index (χ1n) is 3.40. The van der Waals surface area contributed by atoms with Crippen LogP contribution in [-0.2, 0) is 4.74 Å². The topological polar surface area (TPSA) is 21.3 Å². The summed E-state index contributed by atoms with van der Waals surface area (Å²) in [6.45, 7) is 5.72. The number of nitrogens with one attached hydrogen (secondary N) is 1. The molecule has 2 nitrogen and oxygen atoms in total. The summed E-state index contributed by atoms with van der Waals surface area (Å²) < 4.78 is 5.66. The van der Waals surface area contributed by atoms with Crippen LogP contribution in [0.4, 0.5) is 0 Å². The average molecular weight is 273 g/mol. The summed E-state index contributed by atoms with van der Waals surface area (Å²) in [5.74, 6) is 0. The van der Waals surface area contributed by atoms with E-state index in [1.807, 2.05) is 6.92 Å². The van der Waals surface area contributed by atoms with Crippen LogP contribution in [0, 0.1) is 0 Å². The molecule has 0 radical (unpaired) electrons. The van der Waals surface area contributed by atoms with Crippen LogP contribution in [0.5, 0.6) is 0 Å². The lowest BCUT2D eigenvalue weighted by atomic mass is 10.2. The Balaban J connectivity index is 3.16. The van der Waals surface area contributed by atoms with Crippen molar-refractivity contribution in [2.24, 2.45) is 0 Å². The molecule has 0 aromatic heterocycles. The maximum Gasteiger partial charge on any atom is 0.317 e. The van der Waals surface area contributed by atoms with E-state index in [1.54, 1.807) is 0 Å². The van der Waals surface area contributed by atoms with Crippen molar-refractivity contribution < 1.29 is 4.74 Å². The molecule has 0 spiro atoms. The summed E-state index contributed by atoms with van der Waals surface area (Å²) in [6.07, 6.45) is 0. The van der Waals surface area contributed by atoms with E-state index in [4.69, 9.17) is 4.74 Å². The summed E-state index contributed by atoms with van der Waals surface area (Å²) in [4.78, 5) is 0. The van der Waals surface area contributed by atoms with Crippen molar-refractivity contribution in [2.45, 2.75) is 19.9 Å². The van der Waals surface area contributed by atoms with Gasteiger partial charge in [0.2, 0.25) is 0 Å². The van der Waals surface area contributed by atoms with Gasteiger partial charge in [-0.25, -0.2) is 0 Å². The summed E-state index contributed by atoms with van der Waals surface area (Å²) in [5, 5.41) is 3.30. The normalized spacial score (nSPS) is 13.2. The molecular formula is C5H14BINOP. The molecule has 2 atom stereocenters. The average Bonchev–Trinajstić information content (AvgIpc) is 1.82.